The van der Waals surface area contributed by atoms with Crippen LogP contribution in [0.2, 0.25) is 0 Å². The van der Waals surface area contributed by atoms with Gasteiger partial charge in [0.1, 0.15) is 0 Å². The number of piperazine rings is 1. The number of nitrogens with zero attached hydrogens (tertiary/aromatic N) is 3. The summed E-state index contributed by atoms with van der Waals surface area (Å²) in [7, 11) is -8.68. The number of benzene rings is 2. The number of carbonyl (C=O) groups excluding carboxylic acids is 1. The van der Waals surface area contributed by atoms with Gasteiger partial charge in [0.25, 0.3) is 11.6 Å². The molecule has 0 saturated carbocycles. The molecule has 1 heterocycles. The summed E-state index contributed by atoms with van der Waals surface area (Å²) in [6.45, 7) is 0.0378. The first-order valence-electron chi connectivity index (χ1n) is 9.10. The molecule has 0 radical (unpaired) electrons. The Morgan fingerprint density at radius 2 is 1.38 bits per heavy atom. The molecule has 1 saturated heterocycles. The standard InChI is InChI=1S/C18H17F2N3O7S2/c19-18(20)31(27,28)15-5-1-13(2-6-15)17(24)21-9-11-22(12-10-21)32(29,30)16-7-3-14(4-8-16)23(25)26/h1-8,18H,9-12H2. The van der Waals surface area contributed by atoms with E-state index in [4.69, 9.17) is 0 Å². The number of nitro groups is 1. The number of alkyl halides is 2. The predicted molar refractivity (Wildman–Crippen MR) is 107 cm³/mol. The van der Waals surface area contributed by atoms with Crippen molar-refractivity contribution in [2.75, 3.05) is 26.2 Å². The molecule has 1 fully saturated rings. The first-order valence-corrected chi connectivity index (χ1v) is 12.1. The zero-order valence-corrected chi connectivity index (χ0v) is 17.9. The van der Waals surface area contributed by atoms with Crippen LogP contribution in [0.15, 0.2) is 58.3 Å². The van der Waals surface area contributed by atoms with Crippen LogP contribution in [0.5, 0.6) is 0 Å². The summed E-state index contributed by atoms with van der Waals surface area (Å²) < 4.78 is 74.8. The number of halogens is 2. The van der Waals surface area contributed by atoms with E-state index in [2.05, 4.69) is 0 Å². The van der Waals surface area contributed by atoms with E-state index in [9.17, 15) is 40.5 Å². The minimum Gasteiger partial charge on any atom is -0.336 e. The Labute approximate surface area is 182 Å². The molecule has 0 N–H and O–H groups in total. The number of amides is 1. The number of hydrogen-bond acceptors (Lipinski definition) is 7. The molecule has 0 aromatic heterocycles. The number of non-ortho nitro benzene ring substituents is 1. The lowest BCUT2D eigenvalue weighted by Gasteiger charge is -2.34. The van der Waals surface area contributed by atoms with Crippen molar-refractivity contribution >= 4 is 31.5 Å². The summed E-state index contributed by atoms with van der Waals surface area (Å²) in [6.07, 6.45) is 0. The monoisotopic (exact) mass is 489 g/mol. The molecule has 14 heteroatoms. The van der Waals surface area contributed by atoms with Crippen LogP contribution in [0.3, 0.4) is 0 Å². The van der Waals surface area contributed by atoms with Crippen LogP contribution in [0.25, 0.3) is 0 Å². The smallest absolute Gasteiger partial charge is 0.336 e. The van der Waals surface area contributed by atoms with Crippen molar-refractivity contribution in [1.29, 1.82) is 0 Å². The quantitative estimate of drug-likeness (QED) is 0.445. The topological polar surface area (TPSA) is 135 Å². The summed E-state index contributed by atoms with van der Waals surface area (Å²) in [6, 6.07) is 8.54. The van der Waals surface area contributed by atoms with Crippen LogP contribution in [-0.2, 0) is 19.9 Å². The fraction of sp³-hybridized carbons (Fsp3) is 0.278. The molecule has 1 aliphatic heterocycles. The molecule has 32 heavy (non-hydrogen) atoms. The van der Waals surface area contributed by atoms with Crippen molar-refractivity contribution in [2.24, 2.45) is 0 Å². The van der Waals surface area contributed by atoms with Crippen molar-refractivity contribution in [3.63, 3.8) is 0 Å². The molecule has 3 rings (SSSR count). The van der Waals surface area contributed by atoms with Gasteiger partial charge in [0.2, 0.25) is 19.9 Å². The number of carbonyl (C=O) groups is 1. The second-order valence-electron chi connectivity index (χ2n) is 6.78. The molecule has 0 atom stereocenters. The van der Waals surface area contributed by atoms with Gasteiger partial charge in [-0.25, -0.2) is 16.8 Å². The Morgan fingerprint density at radius 3 is 1.84 bits per heavy atom. The second kappa shape index (κ2) is 8.88. The zero-order valence-electron chi connectivity index (χ0n) is 16.3. The Morgan fingerprint density at radius 1 is 0.875 bits per heavy atom. The maximum absolute atomic E-state index is 12.7. The van der Waals surface area contributed by atoms with E-state index in [1.165, 1.54) is 4.90 Å². The zero-order chi connectivity index (χ0) is 23.7. The molecule has 1 aliphatic rings. The lowest BCUT2D eigenvalue weighted by atomic mass is 10.2. The van der Waals surface area contributed by atoms with Crippen LogP contribution in [-0.4, -0.2) is 68.8 Å². The third-order valence-electron chi connectivity index (χ3n) is 4.88. The van der Waals surface area contributed by atoms with Crippen molar-refractivity contribution in [3.8, 4) is 0 Å². The average Bonchev–Trinajstić information content (AvgIpc) is 2.78. The molecule has 10 nitrogen and oxygen atoms in total. The molecule has 0 aliphatic carbocycles. The molecule has 1 amide bonds. The van der Waals surface area contributed by atoms with Crippen molar-refractivity contribution in [2.45, 2.75) is 15.5 Å². The summed E-state index contributed by atoms with van der Waals surface area (Å²) in [4.78, 5) is 23.3. The van der Waals surface area contributed by atoms with Gasteiger partial charge in [-0.2, -0.15) is 13.1 Å². The van der Waals surface area contributed by atoms with Crippen LogP contribution in [0.1, 0.15) is 10.4 Å². The van der Waals surface area contributed by atoms with Gasteiger partial charge < -0.3 is 4.90 Å². The Hall–Kier alpha value is -2.97. The summed E-state index contributed by atoms with van der Waals surface area (Å²) in [5, 5.41) is 10.7. The Bertz CT molecular complexity index is 1220. The third kappa shape index (κ3) is 4.61. The highest BCUT2D eigenvalue weighted by Crippen LogP contribution is 2.22. The largest absolute Gasteiger partial charge is 0.341 e. The summed E-state index contributed by atoms with van der Waals surface area (Å²) >= 11 is 0. The van der Waals surface area contributed by atoms with E-state index in [0.29, 0.717) is 0 Å². The number of sulfone groups is 1. The average molecular weight is 489 g/mol. The van der Waals surface area contributed by atoms with Crippen LogP contribution in [0.4, 0.5) is 14.5 Å². The molecular weight excluding hydrogens is 472 g/mol. The second-order valence-corrected chi connectivity index (χ2v) is 10.6. The van der Waals surface area contributed by atoms with E-state index in [1.807, 2.05) is 0 Å². The van der Waals surface area contributed by atoms with Crippen LogP contribution in [0, 0.1) is 10.1 Å². The Kier molecular flexibility index (Phi) is 6.57. The number of nitro benzene ring substituents is 1. The molecule has 0 bridgehead atoms. The molecule has 2 aromatic rings. The Balaban J connectivity index is 1.67. The van der Waals surface area contributed by atoms with E-state index < -0.39 is 41.3 Å². The van der Waals surface area contributed by atoms with Gasteiger partial charge in [-0.3, -0.25) is 14.9 Å². The van der Waals surface area contributed by atoms with E-state index in [0.717, 1.165) is 52.8 Å². The molecule has 0 spiro atoms. The number of sulfonamides is 1. The lowest BCUT2D eigenvalue weighted by molar-refractivity contribution is -0.384. The van der Waals surface area contributed by atoms with Gasteiger partial charge in [-0.15, -0.1) is 0 Å². The SMILES string of the molecule is O=C(c1ccc(S(=O)(=O)C(F)F)cc1)N1CCN(S(=O)(=O)c2ccc([N+](=O)[O-])cc2)CC1. The van der Waals surface area contributed by atoms with E-state index in [-0.39, 0.29) is 42.3 Å². The van der Waals surface area contributed by atoms with E-state index >= 15 is 0 Å². The summed E-state index contributed by atoms with van der Waals surface area (Å²) in [5.41, 5.74) is -0.170. The fourth-order valence-electron chi connectivity index (χ4n) is 3.09. The predicted octanol–water partition coefficient (Wildman–Crippen LogP) is 1.74. The van der Waals surface area contributed by atoms with Crippen LogP contribution < -0.4 is 0 Å². The first-order chi connectivity index (χ1) is 14.9. The number of rotatable bonds is 6. The normalized spacial score (nSPS) is 15.7. The first kappa shape index (κ1) is 23.7. The van der Waals surface area contributed by atoms with Crippen molar-refractivity contribution in [1.82, 2.24) is 9.21 Å². The molecular formula is C18H17F2N3O7S2. The van der Waals surface area contributed by atoms with Gasteiger partial charge >= 0.3 is 5.76 Å². The minimum absolute atomic E-state index is 0.0249. The fourth-order valence-corrected chi connectivity index (χ4v) is 5.24. The maximum atomic E-state index is 12.7. The molecule has 172 valence electrons. The molecule has 0 unspecified atom stereocenters. The van der Waals surface area contributed by atoms with Crippen LogP contribution >= 0.6 is 0 Å². The lowest BCUT2D eigenvalue weighted by Crippen LogP contribution is -2.50. The minimum atomic E-state index is -4.77. The molecule has 2 aromatic carbocycles. The highest BCUT2D eigenvalue weighted by Gasteiger charge is 2.31. The highest BCUT2D eigenvalue weighted by molar-refractivity contribution is 7.91. The summed E-state index contributed by atoms with van der Waals surface area (Å²) in [5.74, 6) is -4.08. The van der Waals surface area contributed by atoms with Crippen molar-refractivity contribution < 1.29 is 35.3 Å². The van der Waals surface area contributed by atoms with E-state index in [1.54, 1.807) is 0 Å². The maximum Gasteiger partial charge on any atom is 0.341 e. The van der Waals surface area contributed by atoms with Gasteiger partial charge in [0.15, 0.2) is 0 Å². The van der Waals surface area contributed by atoms with Gasteiger partial charge in [0, 0.05) is 43.9 Å². The van der Waals surface area contributed by atoms with Gasteiger partial charge in [-0.05, 0) is 36.4 Å². The third-order valence-corrected chi connectivity index (χ3v) is 8.19. The van der Waals surface area contributed by atoms with Gasteiger partial charge in [-0.1, -0.05) is 0 Å². The van der Waals surface area contributed by atoms with Crippen molar-refractivity contribution in [3.05, 3.63) is 64.2 Å². The highest BCUT2D eigenvalue weighted by atomic mass is 32.2. The van der Waals surface area contributed by atoms with Gasteiger partial charge in [0.05, 0.1) is 14.7 Å². The number of hydrogen-bond donors (Lipinski definition) is 0.